The second-order valence-corrected chi connectivity index (χ2v) is 6.42. The van der Waals surface area contributed by atoms with Crippen LogP contribution in [-0.2, 0) is 0 Å². The Morgan fingerprint density at radius 2 is 1.77 bits per heavy atom. The lowest BCUT2D eigenvalue weighted by Crippen LogP contribution is -2.42. The van der Waals surface area contributed by atoms with Crippen LogP contribution >= 0.6 is 0 Å². The molecule has 2 aromatic carbocycles. The first-order valence-electron chi connectivity index (χ1n) is 8.49. The van der Waals surface area contributed by atoms with Gasteiger partial charge in [-0.05, 0) is 37.3 Å². The Labute approximate surface area is 151 Å². The second-order valence-electron chi connectivity index (χ2n) is 6.42. The van der Waals surface area contributed by atoms with Crippen molar-refractivity contribution in [2.45, 2.75) is 25.9 Å². The summed E-state index contributed by atoms with van der Waals surface area (Å²) in [4.78, 5) is 24.9. The molecule has 1 amide bonds. The third kappa shape index (κ3) is 4.02. The van der Waals surface area contributed by atoms with Gasteiger partial charge in [-0.15, -0.1) is 0 Å². The van der Waals surface area contributed by atoms with E-state index in [-0.39, 0.29) is 17.2 Å². The van der Waals surface area contributed by atoms with E-state index in [4.69, 9.17) is 9.84 Å². The average molecular weight is 357 g/mol. The molecule has 0 radical (unpaired) electrons. The molecule has 0 bridgehead atoms. The van der Waals surface area contributed by atoms with E-state index in [9.17, 15) is 14.0 Å². The molecule has 1 aliphatic rings. The molecule has 5 nitrogen and oxygen atoms in total. The first-order chi connectivity index (χ1) is 12.4. The summed E-state index contributed by atoms with van der Waals surface area (Å²) in [6, 6.07) is 11.2. The highest BCUT2D eigenvalue weighted by Crippen LogP contribution is 2.21. The first-order valence-corrected chi connectivity index (χ1v) is 8.49. The maximum absolute atomic E-state index is 14.1. The Kier molecular flexibility index (Phi) is 5.21. The summed E-state index contributed by atoms with van der Waals surface area (Å²) < 4.78 is 20.0. The lowest BCUT2D eigenvalue weighted by Gasteiger charge is -2.32. The van der Waals surface area contributed by atoms with Crippen LogP contribution in [0.2, 0.25) is 0 Å². The first kappa shape index (κ1) is 17.9. The summed E-state index contributed by atoms with van der Waals surface area (Å²) in [5, 5.41) is 8.88. The monoisotopic (exact) mass is 357 g/mol. The number of carbonyl (C=O) groups is 2. The number of hydrogen-bond donors (Lipinski definition) is 1. The van der Waals surface area contributed by atoms with Crippen LogP contribution in [0.1, 0.15) is 39.1 Å². The normalized spacial score (nSPS) is 14.9. The molecule has 1 fully saturated rings. The van der Waals surface area contributed by atoms with Crippen molar-refractivity contribution in [2.24, 2.45) is 0 Å². The molecule has 26 heavy (non-hydrogen) atoms. The molecule has 0 spiro atoms. The number of carboxylic acid groups (broad SMARTS) is 1. The molecular weight excluding hydrogens is 337 g/mol. The van der Waals surface area contributed by atoms with Gasteiger partial charge < -0.3 is 14.7 Å². The van der Waals surface area contributed by atoms with Crippen LogP contribution in [0.3, 0.4) is 0 Å². The molecule has 1 aliphatic heterocycles. The van der Waals surface area contributed by atoms with Crippen LogP contribution in [0.25, 0.3) is 0 Å². The predicted molar refractivity (Wildman–Crippen MR) is 94.1 cm³/mol. The van der Waals surface area contributed by atoms with Crippen LogP contribution in [0.5, 0.6) is 5.75 Å². The van der Waals surface area contributed by atoms with Gasteiger partial charge in [0.25, 0.3) is 5.91 Å². The Morgan fingerprint density at radius 1 is 1.12 bits per heavy atom. The summed E-state index contributed by atoms with van der Waals surface area (Å²) in [5.41, 5.74) is 0.880. The Bertz CT molecular complexity index is 811. The van der Waals surface area contributed by atoms with Crippen molar-refractivity contribution < 1.29 is 23.8 Å². The van der Waals surface area contributed by atoms with E-state index in [2.05, 4.69) is 0 Å². The van der Waals surface area contributed by atoms with Gasteiger partial charge in [-0.2, -0.15) is 0 Å². The fraction of sp³-hybridized carbons (Fsp3) is 0.300. The third-order valence-electron chi connectivity index (χ3n) is 4.50. The van der Waals surface area contributed by atoms with Crippen molar-refractivity contribution in [1.82, 2.24) is 4.90 Å². The van der Waals surface area contributed by atoms with Gasteiger partial charge in [-0.25, -0.2) is 9.18 Å². The van der Waals surface area contributed by atoms with Gasteiger partial charge in [-0.3, -0.25) is 4.79 Å². The Morgan fingerprint density at radius 3 is 2.35 bits per heavy atom. The van der Waals surface area contributed by atoms with Crippen molar-refractivity contribution in [2.75, 3.05) is 13.1 Å². The molecule has 2 aromatic rings. The molecular formula is C20H20FNO4. The van der Waals surface area contributed by atoms with Crippen LogP contribution in [0.15, 0.2) is 42.5 Å². The molecule has 1 heterocycles. The number of aryl methyl sites for hydroxylation is 1. The van der Waals surface area contributed by atoms with E-state index in [0.717, 1.165) is 17.4 Å². The Balaban J connectivity index is 1.60. The standard InChI is InChI=1S/C20H20FNO4/c1-13-2-5-15(6-3-13)26-16-8-10-22(11-9-16)19(23)17-7-4-14(20(24)25)12-18(17)21/h2-7,12,16H,8-11H2,1H3,(H,24,25). The van der Waals surface area contributed by atoms with E-state index in [0.29, 0.717) is 25.9 Å². The highest BCUT2D eigenvalue weighted by Gasteiger charge is 2.26. The van der Waals surface area contributed by atoms with E-state index in [1.54, 1.807) is 4.90 Å². The highest BCUT2D eigenvalue weighted by atomic mass is 19.1. The highest BCUT2D eigenvalue weighted by molar-refractivity contribution is 5.96. The molecule has 136 valence electrons. The number of piperidine rings is 1. The summed E-state index contributed by atoms with van der Waals surface area (Å²) in [7, 11) is 0. The largest absolute Gasteiger partial charge is 0.490 e. The minimum atomic E-state index is -1.23. The molecule has 6 heteroatoms. The third-order valence-corrected chi connectivity index (χ3v) is 4.50. The number of likely N-dealkylation sites (tertiary alicyclic amines) is 1. The van der Waals surface area contributed by atoms with Crippen molar-refractivity contribution >= 4 is 11.9 Å². The fourth-order valence-electron chi connectivity index (χ4n) is 2.98. The fourth-order valence-corrected chi connectivity index (χ4v) is 2.98. The molecule has 0 atom stereocenters. The van der Waals surface area contributed by atoms with Crippen molar-refractivity contribution in [3.8, 4) is 5.75 Å². The Hall–Kier alpha value is -2.89. The van der Waals surface area contributed by atoms with Crippen molar-refractivity contribution in [3.63, 3.8) is 0 Å². The average Bonchev–Trinajstić information content (AvgIpc) is 2.63. The van der Waals surface area contributed by atoms with Crippen LogP contribution in [-0.4, -0.2) is 41.1 Å². The minimum Gasteiger partial charge on any atom is -0.490 e. The topological polar surface area (TPSA) is 66.8 Å². The number of hydrogen-bond acceptors (Lipinski definition) is 3. The maximum atomic E-state index is 14.1. The molecule has 0 unspecified atom stereocenters. The molecule has 1 saturated heterocycles. The molecule has 0 aliphatic carbocycles. The van der Waals surface area contributed by atoms with Gasteiger partial charge in [0, 0.05) is 25.9 Å². The zero-order chi connectivity index (χ0) is 18.7. The van der Waals surface area contributed by atoms with E-state index in [1.165, 1.54) is 12.1 Å². The van der Waals surface area contributed by atoms with E-state index in [1.807, 2.05) is 31.2 Å². The number of halogens is 1. The quantitative estimate of drug-likeness (QED) is 0.909. The lowest BCUT2D eigenvalue weighted by atomic mass is 10.0. The van der Waals surface area contributed by atoms with Crippen LogP contribution in [0.4, 0.5) is 4.39 Å². The summed E-state index contributed by atoms with van der Waals surface area (Å²) >= 11 is 0. The second kappa shape index (κ2) is 7.56. The lowest BCUT2D eigenvalue weighted by molar-refractivity contribution is 0.0589. The number of ether oxygens (including phenoxy) is 1. The number of amides is 1. The predicted octanol–water partition coefficient (Wildman–Crippen LogP) is 3.52. The van der Waals surface area contributed by atoms with E-state index < -0.39 is 17.7 Å². The zero-order valence-corrected chi connectivity index (χ0v) is 14.4. The molecule has 3 rings (SSSR count). The zero-order valence-electron chi connectivity index (χ0n) is 14.4. The number of aromatic carboxylic acids is 1. The van der Waals surface area contributed by atoms with Gasteiger partial charge >= 0.3 is 5.97 Å². The number of benzene rings is 2. The van der Waals surface area contributed by atoms with Crippen molar-refractivity contribution in [1.29, 1.82) is 0 Å². The summed E-state index contributed by atoms with van der Waals surface area (Å²) in [5.74, 6) is -1.66. The number of carboxylic acids is 1. The molecule has 1 N–H and O–H groups in total. The van der Waals surface area contributed by atoms with Crippen molar-refractivity contribution in [3.05, 3.63) is 65.0 Å². The maximum Gasteiger partial charge on any atom is 0.335 e. The number of rotatable bonds is 4. The smallest absolute Gasteiger partial charge is 0.335 e. The van der Waals surface area contributed by atoms with Crippen LogP contribution < -0.4 is 4.74 Å². The van der Waals surface area contributed by atoms with Gasteiger partial charge in [0.2, 0.25) is 0 Å². The molecule has 0 saturated carbocycles. The number of nitrogens with zero attached hydrogens (tertiary/aromatic N) is 1. The van der Waals surface area contributed by atoms with E-state index >= 15 is 0 Å². The number of carbonyl (C=O) groups excluding carboxylic acids is 1. The van der Waals surface area contributed by atoms with Gasteiger partial charge in [0.15, 0.2) is 0 Å². The minimum absolute atomic E-state index is 0.0148. The summed E-state index contributed by atoms with van der Waals surface area (Å²) in [6.45, 7) is 2.95. The van der Waals surface area contributed by atoms with Crippen LogP contribution in [0, 0.1) is 12.7 Å². The SMILES string of the molecule is Cc1ccc(OC2CCN(C(=O)c3ccc(C(=O)O)cc3F)CC2)cc1. The summed E-state index contributed by atoms with van der Waals surface area (Å²) in [6.07, 6.45) is 1.34. The molecule has 0 aromatic heterocycles. The van der Waals surface area contributed by atoms with Gasteiger partial charge in [0.1, 0.15) is 17.7 Å². The van der Waals surface area contributed by atoms with Gasteiger partial charge in [0.05, 0.1) is 11.1 Å². The van der Waals surface area contributed by atoms with Gasteiger partial charge in [-0.1, -0.05) is 17.7 Å².